The number of aromatic carboxylic acids is 1. The molecule has 1 amide bonds. The Balaban J connectivity index is 1.49. The fourth-order valence-corrected chi connectivity index (χ4v) is 3.91. The van der Waals surface area contributed by atoms with Crippen molar-refractivity contribution in [1.29, 1.82) is 0 Å². The SMILES string of the molecule is Cc1cccc(N=C2NC(=O)/C(=C/c3ccccc3OCc3ccc(C(=O)O)cc3)S2)c1. The topological polar surface area (TPSA) is 88.0 Å². The maximum absolute atomic E-state index is 12.5. The molecule has 32 heavy (non-hydrogen) atoms. The van der Waals surface area contributed by atoms with Gasteiger partial charge < -0.3 is 15.2 Å². The molecule has 0 radical (unpaired) electrons. The summed E-state index contributed by atoms with van der Waals surface area (Å²) in [7, 11) is 0. The van der Waals surface area contributed by atoms with Crippen LogP contribution in [-0.4, -0.2) is 22.2 Å². The third-order valence-corrected chi connectivity index (χ3v) is 5.59. The van der Waals surface area contributed by atoms with E-state index in [0.717, 1.165) is 22.4 Å². The van der Waals surface area contributed by atoms with Gasteiger partial charge in [0.1, 0.15) is 12.4 Å². The zero-order valence-corrected chi connectivity index (χ0v) is 18.1. The van der Waals surface area contributed by atoms with Crippen molar-refractivity contribution in [2.45, 2.75) is 13.5 Å². The number of amides is 1. The van der Waals surface area contributed by atoms with Crippen LogP contribution in [0.15, 0.2) is 82.7 Å². The van der Waals surface area contributed by atoms with Gasteiger partial charge in [0.25, 0.3) is 5.91 Å². The van der Waals surface area contributed by atoms with E-state index in [1.807, 2.05) is 55.5 Å². The Kier molecular flexibility index (Phi) is 6.37. The van der Waals surface area contributed by atoms with Gasteiger partial charge in [-0.1, -0.05) is 42.5 Å². The molecule has 3 aromatic carbocycles. The maximum Gasteiger partial charge on any atom is 0.335 e. The van der Waals surface area contributed by atoms with Crippen LogP contribution < -0.4 is 10.1 Å². The summed E-state index contributed by atoms with van der Waals surface area (Å²) in [6.07, 6.45) is 1.78. The molecule has 1 saturated heterocycles. The highest BCUT2D eigenvalue weighted by Crippen LogP contribution is 2.31. The van der Waals surface area contributed by atoms with E-state index >= 15 is 0 Å². The molecule has 0 bridgehead atoms. The number of nitrogens with zero attached hydrogens (tertiary/aromatic N) is 1. The number of hydrogen-bond donors (Lipinski definition) is 2. The Morgan fingerprint density at radius 3 is 2.62 bits per heavy atom. The third-order valence-electron chi connectivity index (χ3n) is 4.68. The van der Waals surface area contributed by atoms with E-state index in [1.54, 1.807) is 30.3 Å². The highest BCUT2D eigenvalue weighted by molar-refractivity contribution is 8.18. The largest absolute Gasteiger partial charge is 0.488 e. The average Bonchev–Trinajstić information content (AvgIpc) is 3.12. The summed E-state index contributed by atoms with van der Waals surface area (Å²) in [5, 5.41) is 12.3. The van der Waals surface area contributed by atoms with Crippen LogP contribution in [0.1, 0.15) is 27.0 Å². The van der Waals surface area contributed by atoms with Crippen LogP contribution in [0.25, 0.3) is 6.08 Å². The van der Waals surface area contributed by atoms with Gasteiger partial charge in [-0.15, -0.1) is 0 Å². The number of benzene rings is 3. The number of carbonyl (C=O) groups excluding carboxylic acids is 1. The number of carbonyl (C=O) groups is 2. The summed E-state index contributed by atoms with van der Waals surface area (Å²) < 4.78 is 5.94. The average molecular weight is 445 g/mol. The number of thioether (sulfide) groups is 1. The molecule has 3 aromatic rings. The predicted octanol–water partition coefficient (Wildman–Crippen LogP) is 5.16. The van der Waals surface area contributed by atoms with Crippen molar-refractivity contribution in [3.05, 3.63) is 100.0 Å². The molecular weight excluding hydrogens is 424 g/mol. The van der Waals surface area contributed by atoms with E-state index in [2.05, 4.69) is 10.3 Å². The lowest BCUT2D eigenvalue weighted by atomic mass is 10.1. The highest BCUT2D eigenvalue weighted by Gasteiger charge is 2.24. The van der Waals surface area contributed by atoms with Crippen molar-refractivity contribution in [2.75, 3.05) is 0 Å². The van der Waals surface area contributed by atoms with E-state index in [0.29, 0.717) is 15.8 Å². The first kappa shape index (κ1) is 21.4. The Hall–Kier alpha value is -3.84. The first-order valence-corrected chi connectivity index (χ1v) is 10.7. The van der Waals surface area contributed by atoms with Crippen molar-refractivity contribution in [3.63, 3.8) is 0 Å². The number of ether oxygens (including phenoxy) is 1. The highest BCUT2D eigenvalue weighted by atomic mass is 32.2. The summed E-state index contributed by atoms with van der Waals surface area (Å²) in [5.41, 5.74) is 3.72. The third kappa shape index (κ3) is 5.25. The Labute approximate surface area is 189 Å². The molecule has 4 rings (SSSR count). The van der Waals surface area contributed by atoms with Gasteiger partial charge in [-0.25, -0.2) is 9.79 Å². The molecule has 2 N–H and O–H groups in total. The number of rotatable bonds is 6. The number of aryl methyl sites for hydroxylation is 1. The van der Waals surface area contributed by atoms with Crippen LogP contribution in [0, 0.1) is 6.92 Å². The van der Waals surface area contributed by atoms with E-state index < -0.39 is 5.97 Å². The van der Waals surface area contributed by atoms with Crippen LogP contribution in [-0.2, 0) is 11.4 Å². The number of carboxylic acids is 1. The molecule has 1 aliphatic heterocycles. The van der Waals surface area contributed by atoms with Crippen LogP contribution >= 0.6 is 11.8 Å². The lowest BCUT2D eigenvalue weighted by Crippen LogP contribution is -2.19. The first-order valence-electron chi connectivity index (χ1n) is 9.88. The predicted molar refractivity (Wildman–Crippen MR) is 126 cm³/mol. The van der Waals surface area contributed by atoms with Crippen molar-refractivity contribution >= 4 is 40.6 Å². The van der Waals surface area contributed by atoms with E-state index in [9.17, 15) is 9.59 Å². The van der Waals surface area contributed by atoms with Crippen molar-refractivity contribution in [2.24, 2.45) is 4.99 Å². The molecule has 0 saturated carbocycles. The fraction of sp³-hybridized carbons (Fsp3) is 0.0800. The smallest absolute Gasteiger partial charge is 0.335 e. The Morgan fingerprint density at radius 1 is 1.09 bits per heavy atom. The molecule has 0 aliphatic carbocycles. The summed E-state index contributed by atoms with van der Waals surface area (Å²) in [4.78, 5) is 28.5. The van der Waals surface area contributed by atoms with Crippen LogP contribution in [0.5, 0.6) is 5.75 Å². The van der Waals surface area contributed by atoms with Gasteiger partial charge in [0.15, 0.2) is 5.17 Å². The zero-order chi connectivity index (χ0) is 22.5. The molecule has 0 aromatic heterocycles. The molecular formula is C25H20N2O4S. The molecule has 7 heteroatoms. The van der Waals surface area contributed by atoms with Crippen molar-refractivity contribution < 1.29 is 19.4 Å². The zero-order valence-electron chi connectivity index (χ0n) is 17.2. The van der Waals surface area contributed by atoms with Gasteiger partial charge >= 0.3 is 5.97 Å². The number of nitrogens with one attached hydrogen (secondary N) is 1. The van der Waals surface area contributed by atoms with Gasteiger partial charge in [-0.3, -0.25) is 4.79 Å². The monoisotopic (exact) mass is 444 g/mol. The van der Waals surface area contributed by atoms with Crippen LogP contribution in [0.4, 0.5) is 5.69 Å². The summed E-state index contributed by atoms with van der Waals surface area (Å²) in [6, 6.07) is 21.7. The second kappa shape index (κ2) is 9.53. The normalized spacial score (nSPS) is 15.7. The number of carboxylic acid groups (broad SMARTS) is 1. The lowest BCUT2D eigenvalue weighted by molar-refractivity contribution is -0.115. The van der Waals surface area contributed by atoms with Crippen molar-refractivity contribution in [1.82, 2.24) is 5.32 Å². The second-order valence-electron chi connectivity index (χ2n) is 7.15. The molecule has 0 atom stereocenters. The molecule has 1 aliphatic rings. The Morgan fingerprint density at radius 2 is 1.88 bits per heavy atom. The number of aliphatic imine (C=N–C) groups is 1. The summed E-state index contributed by atoms with van der Waals surface area (Å²) >= 11 is 1.28. The number of amidine groups is 1. The quantitative estimate of drug-likeness (QED) is 0.513. The molecule has 1 fully saturated rings. The molecule has 0 spiro atoms. The van der Waals surface area contributed by atoms with Gasteiger partial charge in [-0.2, -0.15) is 0 Å². The molecule has 1 heterocycles. The summed E-state index contributed by atoms with van der Waals surface area (Å²) in [5.74, 6) is -0.549. The lowest BCUT2D eigenvalue weighted by Gasteiger charge is -2.10. The van der Waals surface area contributed by atoms with Gasteiger partial charge in [-0.05, 0) is 66.2 Å². The Bertz CT molecular complexity index is 1230. The number of para-hydroxylation sites is 1. The first-order chi connectivity index (χ1) is 15.5. The maximum atomic E-state index is 12.5. The second-order valence-corrected chi connectivity index (χ2v) is 8.18. The minimum absolute atomic E-state index is 0.208. The minimum atomic E-state index is -0.966. The van der Waals surface area contributed by atoms with E-state index in [-0.39, 0.29) is 18.1 Å². The van der Waals surface area contributed by atoms with E-state index in [1.165, 1.54) is 11.8 Å². The van der Waals surface area contributed by atoms with Crippen LogP contribution in [0.2, 0.25) is 0 Å². The van der Waals surface area contributed by atoms with Gasteiger partial charge in [0.05, 0.1) is 16.2 Å². The minimum Gasteiger partial charge on any atom is -0.488 e. The van der Waals surface area contributed by atoms with Gasteiger partial charge in [0.2, 0.25) is 0 Å². The van der Waals surface area contributed by atoms with Crippen LogP contribution in [0.3, 0.4) is 0 Å². The number of hydrogen-bond acceptors (Lipinski definition) is 5. The van der Waals surface area contributed by atoms with Gasteiger partial charge in [0, 0.05) is 5.56 Å². The fourth-order valence-electron chi connectivity index (χ4n) is 3.07. The molecule has 6 nitrogen and oxygen atoms in total. The summed E-state index contributed by atoms with van der Waals surface area (Å²) in [6.45, 7) is 2.27. The standard InChI is InChI=1S/C25H20N2O4S/c1-16-5-4-7-20(13-16)26-25-27-23(28)22(32-25)14-19-6-2-3-8-21(19)31-15-17-9-11-18(12-10-17)24(29)30/h2-14H,15H2,1H3,(H,29,30)(H,26,27,28)/b22-14-. The van der Waals surface area contributed by atoms with E-state index in [4.69, 9.17) is 9.84 Å². The molecule has 0 unspecified atom stereocenters. The molecule has 160 valence electrons. The van der Waals surface area contributed by atoms with Crippen molar-refractivity contribution in [3.8, 4) is 5.75 Å².